The van der Waals surface area contributed by atoms with Crippen molar-refractivity contribution in [2.75, 3.05) is 13.1 Å². The van der Waals surface area contributed by atoms with Crippen molar-refractivity contribution in [3.05, 3.63) is 0 Å². The summed E-state index contributed by atoms with van der Waals surface area (Å²) in [4.78, 5) is 14.2. The molecule has 0 aromatic carbocycles. The number of hydrogen-bond donors (Lipinski definition) is 3. The van der Waals surface area contributed by atoms with Gasteiger partial charge in [0, 0.05) is 12.1 Å². The molecule has 6 nitrogen and oxygen atoms in total. The van der Waals surface area contributed by atoms with Crippen LogP contribution in [0.15, 0.2) is 0 Å². The lowest BCUT2D eigenvalue weighted by molar-refractivity contribution is -0.147. The molecule has 2 N–H and O–H groups in total. The second-order valence-electron chi connectivity index (χ2n) is 8.29. The van der Waals surface area contributed by atoms with Gasteiger partial charge in [0.15, 0.2) is 0 Å². The fraction of sp³-hybridized carbons (Fsp3) is 0.833. The second-order valence-corrected chi connectivity index (χ2v) is 8.49. The standard InChI is InChI=1S/C17H25N3O2.CHNS/c18-9-14-2-1-3-20(14)15(21)10-19-16-5-12-4-13(6-16)8-17(22,7-12)11-16;2-1-3/h12-14,19,22H,1-8,10-11H2;3H/t12?,13?,14-,16?,17?;/m0./s1. The first-order chi connectivity index (χ1) is 11.9. The van der Waals surface area contributed by atoms with Gasteiger partial charge < -0.3 is 15.3 Å². The molecule has 0 spiro atoms. The molecule has 2 unspecified atom stereocenters. The highest BCUT2D eigenvalue weighted by Gasteiger charge is 2.57. The number of carbonyl (C=O) groups is 1. The van der Waals surface area contributed by atoms with Gasteiger partial charge in [0.1, 0.15) is 11.4 Å². The van der Waals surface area contributed by atoms with Crippen molar-refractivity contribution in [2.24, 2.45) is 11.8 Å². The van der Waals surface area contributed by atoms with E-state index >= 15 is 0 Å². The Morgan fingerprint density at radius 3 is 2.48 bits per heavy atom. The summed E-state index contributed by atoms with van der Waals surface area (Å²) in [5.41, 5.74) is -0.542. The highest BCUT2D eigenvalue weighted by molar-refractivity contribution is 7.85. The van der Waals surface area contributed by atoms with E-state index in [2.05, 4.69) is 24.0 Å². The van der Waals surface area contributed by atoms with Gasteiger partial charge in [-0.15, -0.1) is 0 Å². The van der Waals surface area contributed by atoms with E-state index in [1.165, 1.54) is 11.8 Å². The maximum Gasteiger partial charge on any atom is 0.237 e. The third-order valence-corrected chi connectivity index (χ3v) is 6.37. The minimum Gasteiger partial charge on any atom is -0.390 e. The molecular formula is C18H26N4O2S. The van der Waals surface area contributed by atoms with Crippen LogP contribution >= 0.6 is 12.6 Å². The van der Waals surface area contributed by atoms with Gasteiger partial charge in [0.2, 0.25) is 5.91 Å². The van der Waals surface area contributed by atoms with Crippen LogP contribution in [-0.4, -0.2) is 46.2 Å². The number of thiol groups is 1. The van der Waals surface area contributed by atoms with Crippen LogP contribution in [0.5, 0.6) is 0 Å². The Kier molecular flexibility index (Phi) is 5.29. The summed E-state index contributed by atoms with van der Waals surface area (Å²) in [6.45, 7) is 1.02. The normalized spacial score (nSPS) is 40.8. The van der Waals surface area contributed by atoms with Gasteiger partial charge in [0.25, 0.3) is 0 Å². The van der Waals surface area contributed by atoms with Crippen LogP contribution in [0.25, 0.3) is 0 Å². The lowest BCUT2D eigenvalue weighted by Crippen LogP contribution is -2.65. The zero-order valence-corrected chi connectivity index (χ0v) is 15.3. The van der Waals surface area contributed by atoms with Gasteiger partial charge in [-0.2, -0.15) is 10.5 Å². The zero-order valence-electron chi connectivity index (χ0n) is 14.4. The Labute approximate surface area is 154 Å². The molecule has 5 rings (SSSR count). The number of nitrogens with one attached hydrogen (secondary N) is 1. The smallest absolute Gasteiger partial charge is 0.237 e. The van der Waals surface area contributed by atoms with Crippen molar-refractivity contribution < 1.29 is 9.90 Å². The number of nitriles is 2. The summed E-state index contributed by atoms with van der Waals surface area (Å²) in [5.74, 6) is 1.28. The SMILES string of the molecule is N#CS.N#C[C@@H]1CCCN1C(=O)CNC12CC3CC(CC(O)(C3)C1)C2. The van der Waals surface area contributed by atoms with Crippen LogP contribution in [0.4, 0.5) is 0 Å². The molecule has 136 valence electrons. The molecule has 0 aromatic rings. The van der Waals surface area contributed by atoms with Crippen LogP contribution in [-0.2, 0) is 4.79 Å². The van der Waals surface area contributed by atoms with Crippen LogP contribution in [0.3, 0.4) is 0 Å². The molecule has 7 heteroatoms. The number of amides is 1. The average molecular weight is 362 g/mol. The number of aliphatic hydroxyl groups is 1. The third-order valence-electron chi connectivity index (χ3n) is 6.37. The molecule has 4 saturated carbocycles. The van der Waals surface area contributed by atoms with Crippen molar-refractivity contribution in [2.45, 2.75) is 68.5 Å². The van der Waals surface area contributed by atoms with Gasteiger partial charge in [0.05, 0.1) is 18.2 Å². The number of thiocyanates is 1. The van der Waals surface area contributed by atoms with E-state index in [-0.39, 0.29) is 17.5 Å². The minimum atomic E-state index is -0.497. The fourth-order valence-corrected chi connectivity index (χ4v) is 5.99. The lowest BCUT2D eigenvalue weighted by Gasteiger charge is -2.60. The summed E-state index contributed by atoms with van der Waals surface area (Å²) in [6.07, 6.45) is 7.87. The van der Waals surface area contributed by atoms with E-state index in [9.17, 15) is 9.90 Å². The second kappa shape index (κ2) is 7.15. The van der Waals surface area contributed by atoms with E-state index in [1.54, 1.807) is 4.90 Å². The molecule has 4 bridgehead atoms. The van der Waals surface area contributed by atoms with Crippen molar-refractivity contribution in [1.29, 1.82) is 10.5 Å². The quantitative estimate of drug-likeness (QED) is 0.523. The molecule has 25 heavy (non-hydrogen) atoms. The number of rotatable bonds is 3. The number of carbonyl (C=O) groups excluding carboxylic acids is 1. The highest BCUT2D eigenvalue weighted by atomic mass is 32.1. The third kappa shape index (κ3) is 3.79. The maximum absolute atomic E-state index is 12.4. The summed E-state index contributed by atoms with van der Waals surface area (Å²) in [7, 11) is 0. The van der Waals surface area contributed by atoms with Crippen LogP contribution in [0.1, 0.15) is 51.4 Å². The Hall–Kier alpha value is -1.28. The molecule has 1 saturated heterocycles. The van der Waals surface area contributed by atoms with E-state index < -0.39 is 5.60 Å². The molecule has 0 radical (unpaired) electrons. The Bertz CT molecular complexity index is 597. The number of likely N-dealkylation sites (tertiary alicyclic amines) is 1. The summed E-state index contributed by atoms with van der Waals surface area (Å²) in [5, 5.41) is 32.0. The zero-order chi connectivity index (χ0) is 18.1. The van der Waals surface area contributed by atoms with Gasteiger partial charge in [-0.1, -0.05) is 12.6 Å². The predicted octanol–water partition coefficient (Wildman–Crippen LogP) is 1.57. The van der Waals surface area contributed by atoms with Crippen LogP contribution in [0, 0.1) is 33.8 Å². The van der Waals surface area contributed by atoms with Gasteiger partial charge >= 0.3 is 0 Å². The van der Waals surface area contributed by atoms with E-state index in [0.29, 0.717) is 24.9 Å². The monoisotopic (exact) mass is 362 g/mol. The fourth-order valence-electron chi connectivity index (χ4n) is 5.99. The Morgan fingerprint density at radius 1 is 1.28 bits per heavy atom. The number of hydrogen-bond acceptors (Lipinski definition) is 6. The molecule has 1 aliphatic heterocycles. The number of nitrogens with zero attached hydrogens (tertiary/aromatic N) is 3. The van der Waals surface area contributed by atoms with E-state index in [0.717, 1.165) is 44.9 Å². The van der Waals surface area contributed by atoms with Crippen LogP contribution < -0.4 is 5.32 Å². The van der Waals surface area contributed by atoms with Crippen molar-refractivity contribution in [3.63, 3.8) is 0 Å². The summed E-state index contributed by atoms with van der Waals surface area (Å²) < 4.78 is 0. The maximum atomic E-state index is 12.4. The first-order valence-electron chi connectivity index (χ1n) is 9.12. The first-order valence-corrected chi connectivity index (χ1v) is 9.57. The molecule has 0 aromatic heterocycles. The van der Waals surface area contributed by atoms with Gasteiger partial charge in [-0.3, -0.25) is 4.79 Å². The molecule has 1 heterocycles. The molecule has 1 amide bonds. The summed E-state index contributed by atoms with van der Waals surface area (Å²) >= 11 is 3.09. The van der Waals surface area contributed by atoms with Crippen molar-refractivity contribution in [1.82, 2.24) is 10.2 Å². The molecule has 3 atom stereocenters. The van der Waals surface area contributed by atoms with Gasteiger partial charge in [-0.05, 0) is 63.2 Å². The van der Waals surface area contributed by atoms with Gasteiger partial charge in [-0.25, -0.2) is 0 Å². The largest absolute Gasteiger partial charge is 0.390 e. The molecule has 4 aliphatic carbocycles. The molecule has 5 fully saturated rings. The topological polar surface area (TPSA) is 100 Å². The first kappa shape index (κ1) is 18.5. The predicted molar refractivity (Wildman–Crippen MR) is 95.3 cm³/mol. The lowest BCUT2D eigenvalue weighted by atomic mass is 9.51. The highest BCUT2D eigenvalue weighted by Crippen LogP contribution is 2.57. The summed E-state index contributed by atoms with van der Waals surface area (Å²) in [6, 6.07) is 1.99. The Balaban J connectivity index is 0.000000569. The van der Waals surface area contributed by atoms with Crippen molar-refractivity contribution >= 4 is 18.5 Å². The van der Waals surface area contributed by atoms with E-state index in [4.69, 9.17) is 10.5 Å². The Morgan fingerprint density at radius 2 is 1.92 bits per heavy atom. The minimum absolute atomic E-state index is 0.0453. The van der Waals surface area contributed by atoms with Crippen LogP contribution in [0.2, 0.25) is 0 Å². The van der Waals surface area contributed by atoms with Crippen molar-refractivity contribution in [3.8, 4) is 11.5 Å². The molecular weight excluding hydrogens is 336 g/mol. The van der Waals surface area contributed by atoms with E-state index in [1.807, 2.05) is 0 Å². The molecule has 5 aliphatic rings. The average Bonchev–Trinajstić information content (AvgIpc) is 3.00.